The van der Waals surface area contributed by atoms with Crippen LogP contribution in [0.2, 0.25) is 0 Å². The van der Waals surface area contributed by atoms with E-state index in [1.165, 1.54) is 6.07 Å². The van der Waals surface area contributed by atoms with E-state index in [1.807, 2.05) is 0 Å². The van der Waals surface area contributed by atoms with Gasteiger partial charge in [0.05, 0.1) is 11.3 Å². The van der Waals surface area contributed by atoms with E-state index < -0.39 is 10.0 Å². The van der Waals surface area contributed by atoms with Crippen LogP contribution >= 0.6 is 15.9 Å². The second-order valence-electron chi connectivity index (χ2n) is 4.20. The molecule has 0 aromatic heterocycles. The number of rotatable bonds is 5. The van der Waals surface area contributed by atoms with E-state index >= 15 is 0 Å². The first-order valence-corrected chi connectivity index (χ1v) is 8.03. The maximum absolute atomic E-state index is 12.1. The standard InChI is InChI=1S/C11H14BrN3O3S/c12-8-6-9-7(5-11(16)15-9)4-10(8)19(17,18)14-3-1-2-13/h4,6,14H,1-3,5,13H2,(H,15,16). The minimum Gasteiger partial charge on any atom is -0.330 e. The lowest BCUT2D eigenvalue weighted by Gasteiger charge is -2.10. The minimum atomic E-state index is -3.59. The number of nitrogens with one attached hydrogen (secondary N) is 2. The lowest BCUT2D eigenvalue weighted by molar-refractivity contribution is -0.115. The van der Waals surface area contributed by atoms with Crippen LogP contribution in [0, 0.1) is 0 Å². The number of hydrogen-bond acceptors (Lipinski definition) is 4. The molecule has 4 N–H and O–H groups in total. The van der Waals surface area contributed by atoms with E-state index in [0.717, 1.165) is 0 Å². The number of carbonyl (C=O) groups excluding carboxylic acids is 1. The summed E-state index contributed by atoms with van der Waals surface area (Å²) in [5.41, 5.74) is 6.66. The fourth-order valence-corrected chi connectivity index (χ4v) is 3.98. The Morgan fingerprint density at radius 3 is 2.84 bits per heavy atom. The van der Waals surface area contributed by atoms with E-state index in [0.29, 0.717) is 35.2 Å². The zero-order chi connectivity index (χ0) is 14.0. The molecule has 19 heavy (non-hydrogen) atoms. The van der Waals surface area contributed by atoms with Gasteiger partial charge in [-0.2, -0.15) is 0 Å². The van der Waals surface area contributed by atoms with Gasteiger partial charge in [0.15, 0.2) is 0 Å². The van der Waals surface area contributed by atoms with Crippen LogP contribution in [0.25, 0.3) is 0 Å². The number of sulfonamides is 1. The molecule has 6 nitrogen and oxygen atoms in total. The second kappa shape index (κ2) is 5.58. The second-order valence-corrected chi connectivity index (χ2v) is 6.79. The number of amides is 1. The lowest BCUT2D eigenvalue weighted by Crippen LogP contribution is -2.26. The average molecular weight is 348 g/mol. The topological polar surface area (TPSA) is 101 Å². The summed E-state index contributed by atoms with van der Waals surface area (Å²) >= 11 is 3.22. The molecular weight excluding hydrogens is 334 g/mol. The molecule has 0 saturated heterocycles. The normalized spacial score (nSPS) is 14.3. The predicted octanol–water partition coefficient (Wildman–Crippen LogP) is 0.571. The number of anilines is 1. The molecule has 0 bridgehead atoms. The van der Waals surface area contributed by atoms with Gasteiger partial charge in [0, 0.05) is 16.7 Å². The lowest BCUT2D eigenvalue weighted by atomic mass is 10.2. The summed E-state index contributed by atoms with van der Waals surface area (Å²) in [6.07, 6.45) is 0.774. The fourth-order valence-electron chi connectivity index (χ4n) is 1.82. The molecule has 1 aromatic rings. The Labute approximate surface area is 119 Å². The summed E-state index contributed by atoms with van der Waals surface area (Å²) in [4.78, 5) is 11.4. The van der Waals surface area contributed by atoms with Gasteiger partial charge >= 0.3 is 0 Å². The van der Waals surface area contributed by atoms with E-state index in [2.05, 4.69) is 26.0 Å². The van der Waals surface area contributed by atoms with Crippen LogP contribution in [0.15, 0.2) is 21.5 Å². The first-order chi connectivity index (χ1) is 8.94. The third kappa shape index (κ3) is 3.14. The van der Waals surface area contributed by atoms with Gasteiger partial charge in [-0.05, 0) is 46.6 Å². The first kappa shape index (κ1) is 14.4. The smallest absolute Gasteiger partial charge is 0.241 e. The number of hydrogen-bond donors (Lipinski definition) is 3. The molecule has 1 aromatic carbocycles. The Balaban J connectivity index is 2.30. The third-order valence-corrected chi connectivity index (χ3v) is 5.16. The molecule has 0 aliphatic carbocycles. The molecule has 1 heterocycles. The van der Waals surface area contributed by atoms with Crippen LogP contribution in [-0.4, -0.2) is 27.4 Å². The fraction of sp³-hybridized carbons (Fsp3) is 0.364. The van der Waals surface area contributed by atoms with Crippen LogP contribution in [0.5, 0.6) is 0 Å². The van der Waals surface area contributed by atoms with E-state index in [4.69, 9.17) is 5.73 Å². The van der Waals surface area contributed by atoms with Gasteiger partial charge in [-0.1, -0.05) is 0 Å². The van der Waals surface area contributed by atoms with Gasteiger partial charge in [-0.25, -0.2) is 13.1 Å². The van der Waals surface area contributed by atoms with Gasteiger partial charge in [-0.3, -0.25) is 4.79 Å². The predicted molar refractivity (Wildman–Crippen MR) is 75.3 cm³/mol. The van der Waals surface area contributed by atoms with Gasteiger partial charge < -0.3 is 11.1 Å². The molecule has 1 amide bonds. The van der Waals surface area contributed by atoms with Crippen molar-refractivity contribution in [3.05, 3.63) is 22.2 Å². The van der Waals surface area contributed by atoms with Crippen molar-refractivity contribution in [3.8, 4) is 0 Å². The van der Waals surface area contributed by atoms with Crippen molar-refractivity contribution < 1.29 is 13.2 Å². The molecule has 0 spiro atoms. The average Bonchev–Trinajstić information content (AvgIpc) is 2.67. The van der Waals surface area contributed by atoms with E-state index in [9.17, 15) is 13.2 Å². The largest absolute Gasteiger partial charge is 0.330 e. The molecule has 1 aliphatic heterocycles. The van der Waals surface area contributed by atoms with Gasteiger partial charge in [0.25, 0.3) is 0 Å². The molecule has 1 aliphatic rings. The number of benzene rings is 1. The van der Waals surface area contributed by atoms with Crippen molar-refractivity contribution in [2.45, 2.75) is 17.7 Å². The highest BCUT2D eigenvalue weighted by molar-refractivity contribution is 9.10. The highest BCUT2D eigenvalue weighted by atomic mass is 79.9. The molecule has 2 rings (SSSR count). The molecule has 8 heteroatoms. The van der Waals surface area contributed by atoms with E-state index in [-0.39, 0.29) is 17.2 Å². The summed E-state index contributed by atoms with van der Waals surface area (Å²) in [7, 11) is -3.59. The van der Waals surface area contributed by atoms with Crippen molar-refractivity contribution in [1.82, 2.24) is 4.72 Å². The van der Waals surface area contributed by atoms with Crippen LogP contribution < -0.4 is 15.8 Å². The molecular formula is C11H14BrN3O3S. The zero-order valence-electron chi connectivity index (χ0n) is 10.1. The van der Waals surface area contributed by atoms with Crippen LogP contribution in [0.4, 0.5) is 5.69 Å². The number of nitrogens with two attached hydrogens (primary N) is 1. The van der Waals surface area contributed by atoms with Crippen LogP contribution in [-0.2, 0) is 21.2 Å². The van der Waals surface area contributed by atoms with Crippen LogP contribution in [0.1, 0.15) is 12.0 Å². The summed E-state index contributed by atoms with van der Waals surface area (Å²) in [6.45, 7) is 0.714. The molecule has 0 unspecified atom stereocenters. The van der Waals surface area contributed by atoms with Gasteiger partial charge in [0.1, 0.15) is 0 Å². The van der Waals surface area contributed by atoms with Crippen molar-refractivity contribution in [2.24, 2.45) is 5.73 Å². The number of carbonyl (C=O) groups is 1. The highest BCUT2D eigenvalue weighted by Gasteiger charge is 2.24. The van der Waals surface area contributed by atoms with Crippen molar-refractivity contribution in [2.75, 3.05) is 18.4 Å². The van der Waals surface area contributed by atoms with Gasteiger partial charge in [-0.15, -0.1) is 0 Å². The Bertz CT molecular complexity index is 616. The number of halogens is 1. The maximum atomic E-state index is 12.1. The van der Waals surface area contributed by atoms with Crippen molar-refractivity contribution in [3.63, 3.8) is 0 Å². The molecule has 104 valence electrons. The molecule has 0 fully saturated rings. The Morgan fingerprint density at radius 2 is 2.16 bits per heavy atom. The SMILES string of the molecule is NCCCNS(=O)(=O)c1cc2c(cc1Br)NC(=O)C2. The van der Waals surface area contributed by atoms with E-state index in [1.54, 1.807) is 6.07 Å². The van der Waals surface area contributed by atoms with Gasteiger partial charge in [0.2, 0.25) is 15.9 Å². The van der Waals surface area contributed by atoms with Crippen molar-refractivity contribution in [1.29, 1.82) is 0 Å². The van der Waals surface area contributed by atoms with Crippen LogP contribution in [0.3, 0.4) is 0 Å². The first-order valence-electron chi connectivity index (χ1n) is 5.76. The minimum absolute atomic E-state index is 0.132. The summed E-state index contributed by atoms with van der Waals surface area (Å²) in [6, 6.07) is 3.12. The highest BCUT2D eigenvalue weighted by Crippen LogP contribution is 2.32. The monoisotopic (exact) mass is 347 g/mol. The Morgan fingerprint density at radius 1 is 1.42 bits per heavy atom. The third-order valence-electron chi connectivity index (χ3n) is 2.75. The van der Waals surface area contributed by atoms with Crippen molar-refractivity contribution >= 4 is 37.5 Å². The molecule has 0 radical (unpaired) electrons. The maximum Gasteiger partial charge on any atom is 0.241 e. The Hall–Kier alpha value is -0.960. The quantitative estimate of drug-likeness (QED) is 0.677. The summed E-state index contributed by atoms with van der Waals surface area (Å²) < 4.78 is 27.1. The molecule has 0 atom stereocenters. The Kier molecular flexibility index (Phi) is 4.24. The molecule has 0 saturated carbocycles. The number of fused-ring (bicyclic) bond motifs is 1. The summed E-state index contributed by atoms with van der Waals surface area (Å²) in [5.74, 6) is -0.132. The summed E-state index contributed by atoms with van der Waals surface area (Å²) in [5, 5.41) is 2.67. The zero-order valence-corrected chi connectivity index (χ0v) is 12.5.